The molecule has 0 amide bonds. The first-order valence-corrected chi connectivity index (χ1v) is 7.78. The molecule has 2 heterocycles. The summed E-state index contributed by atoms with van der Waals surface area (Å²) in [6.45, 7) is 1.13. The molecular formula is C17H17N3O3. The first kappa shape index (κ1) is 14.1. The molecule has 2 aliphatic rings. The van der Waals surface area contributed by atoms with Crippen LogP contribution in [0.1, 0.15) is 28.0 Å². The van der Waals surface area contributed by atoms with E-state index < -0.39 is 5.97 Å². The van der Waals surface area contributed by atoms with E-state index in [1.807, 2.05) is 4.90 Å². The maximum atomic E-state index is 11.0. The van der Waals surface area contributed by atoms with E-state index in [2.05, 4.69) is 4.98 Å². The highest BCUT2D eigenvalue weighted by Crippen LogP contribution is 2.32. The minimum absolute atomic E-state index is 0.269. The highest BCUT2D eigenvalue weighted by molar-refractivity contribution is 5.88. The Labute approximate surface area is 133 Å². The van der Waals surface area contributed by atoms with E-state index in [0.717, 1.165) is 41.8 Å². The Bertz CT molecular complexity index is 767. The number of fused-ring (bicyclic) bond motifs is 1. The predicted molar refractivity (Wildman–Crippen MR) is 84.7 cm³/mol. The molecule has 6 nitrogen and oxygen atoms in total. The van der Waals surface area contributed by atoms with Crippen LogP contribution < -0.4 is 4.90 Å². The summed E-state index contributed by atoms with van der Waals surface area (Å²) < 4.78 is 0. The zero-order valence-electron chi connectivity index (χ0n) is 12.6. The number of aromatic carboxylic acids is 1. The third-order valence-electron chi connectivity index (χ3n) is 4.47. The molecule has 6 heteroatoms. The molecule has 1 aromatic heterocycles. The van der Waals surface area contributed by atoms with Crippen molar-refractivity contribution >= 4 is 11.9 Å². The van der Waals surface area contributed by atoms with Gasteiger partial charge in [0.05, 0.1) is 17.4 Å². The Morgan fingerprint density at radius 2 is 1.87 bits per heavy atom. The standard InChI is InChI=1S/C17H17N3O3/c21-12-8-20(9-12)17-18-14-3-1-2-13(14)15(19-17)10-4-6-11(7-5-10)16(22)23/h4-7,12,21H,1-3,8-9H2,(H,22,23). The van der Waals surface area contributed by atoms with E-state index in [0.29, 0.717) is 19.0 Å². The fourth-order valence-corrected chi connectivity index (χ4v) is 3.19. The number of aromatic nitrogens is 2. The van der Waals surface area contributed by atoms with E-state index in [1.54, 1.807) is 24.3 Å². The Kier molecular flexibility index (Phi) is 3.27. The molecule has 1 saturated heterocycles. The van der Waals surface area contributed by atoms with Crippen molar-refractivity contribution in [2.24, 2.45) is 0 Å². The summed E-state index contributed by atoms with van der Waals surface area (Å²) in [5.74, 6) is -0.270. The van der Waals surface area contributed by atoms with Gasteiger partial charge >= 0.3 is 5.97 Å². The van der Waals surface area contributed by atoms with E-state index in [-0.39, 0.29) is 11.7 Å². The molecule has 23 heavy (non-hydrogen) atoms. The highest BCUT2D eigenvalue weighted by atomic mass is 16.4. The van der Waals surface area contributed by atoms with Gasteiger partial charge in [-0.05, 0) is 31.4 Å². The molecule has 4 rings (SSSR count). The maximum absolute atomic E-state index is 11.0. The molecule has 118 valence electrons. The van der Waals surface area contributed by atoms with Crippen molar-refractivity contribution in [3.05, 3.63) is 41.1 Å². The normalized spacial score (nSPS) is 17.0. The molecule has 0 atom stereocenters. The van der Waals surface area contributed by atoms with Crippen LogP contribution in [0.4, 0.5) is 5.95 Å². The highest BCUT2D eigenvalue weighted by Gasteiger charge is 2.29. The fourth-order valence-electron chi connectivity index (χ4n) is 3.19. The lowest BCUT2D eigenvalue weighted by Crippen LogP contribution is -2.51. The van der Waals surface area contributed by atoms with Crippen molar-refractivity contribution in [3.63, 3.8) is 0 Å². The zero-order valence-corrected chi connectivity index (χ0v) is 12.6. The molecule has 2 N–H and O–H groups in total. The molecule has 1 aliphatic carbocycles. The van der Waals surface area contributed by atoms with Crippen LogP contribution in [0.15, 0.2) is 24.3 Å². The summed E-state index contributed by atoms with van der Waals surface area (Å²) >= 11 is 0. The first-order valence-electron chi connectivity index (χ1n) is 7.78. The number of carboxylic acid groups (broad SMARTS) is 1. The predicted octanol–water partition coefficient (Wildman–Crippen LogP) is 1.51. The number of anilines is 1. The van der Waals surface area contributed by atoms with Crippen LogP contribution in [0.2, 0.25) is 0 Å². The second kappa shape index (κ2) is 5.31. The number of hydrogen-bond acceptors (Lipinski definition) is 5. The average Bonchev–Trinajstić information content (AvgIpc) is 2.99. The summed E-state index contributed by atoms with van der Waals surface area (Å²) in [4.78, 5) is 22.3. The van der Waals surface area contributed by atoms with Gasteiger partial charge in [-0.15, -0.1) is 0 Å². The SMILES string of the molecule is O=C(O)c1ccc(-c2nc(N3CC(O)C3)nc3c2CCC3)cc1. The summed E-state index contributed by atoms with van der Waals surface area (Å²) in [6, 6.07) is 6.82. The lowest BCUT2D eigenvalue weighted by atomic mass is 10.0. The van der Waals surface area contributed by atoms with Crippen LogP contribution in [0.3, 0.4) is 0 Å². The molecule has 0 saturated carbocycles. The van der Waals surface area contributed by atoms with Gasteiger partial charge in [-0.3, -0.25) is 0 Å². The summed E-state index contributed by atoms with van der Waals surface area (Å²) in [5.41, 5.74) is 4.32. The number of aliphatic hydroxyl groups is 1. The second-order valence-electron chi connectivity index (χ2n) is 6.09. The van der Waals surface area contributed by atoms with Crippen LogP contribution in [0.25, 0.3) is 11.3 Å². The van der Waals surface area contributed by atoms with Gasteiger partial charge in [0.2, 0.25) is 5.95 Å². The largest absolute Gasteiger partial charge is 0.478 e. The fraction of sp³-hybridized carbons (Fsp3) is 0.353. The van der Waals surface area contributed by atoms with Gasteiger partial charge in [0, 0.05) is 29.9 Å². The Hall–Kier alpha value is -2.47. The monoisotopic (exact) mass is 311 g/mol. The lowest BCUT2D eigenvalue weighted by molar-refractivity contribution is 0.0697. The van der Waals surface area contributed by atoms with Gasteiger partial charge in [0.1, 0.15) is 0 Å². The minimum Gasteiger partial charge on any atom is -0.478 e. The topological polar surface area (TPSA) is 86.5 Å². The zero-order chi connectivity index (χ0) is 16.0. The molecule has 1 fully saturated rings. The van der Waals surface area contributed by atoms with E-state index >= 15 is 0 Å². The Morgan fingerprint density at radius 1 is 1.13 bits per heavy atom. The van der Waals surface area contributed by atoms with Gasteiger partial charge in [0.25, 0.3) is 0 Å². The summed E-state index contributed by atoms with van der Waals surface area (Å²) in [6.07, 6.45) is 2.66. The number of hydrogen-bond donors (Lipinski definition) is 2. The van der Waals surface area contributed by atoms with Gasteiger partial charge in [-0.25, -0.2) is 14.8 Å². The third kappa shape index (κ3) is 2.45. The van der Waals surface area contributed by atoms with Crippen LogP contribution in [0.5, 0.6) is 0 Å². The van der Waals surface area contributed by atoms with E-state index in [4.69, 9.17) is 10.1 Å². The minimum atomic E-state index is -0.931. The lowest BCUT2D eigenvalue weighted by Gasteiger charge is -2.36. The van der Waals surface area contributed by atoms with Crippen molar-refractivity contribution in [2.45, 2.75) is 25.4 Å². The van der Waals surface area contributed by atoms with Crippen LogP contribution in [-0.4, -0.2) is 45.3 Å². The molecule has 2 aromatic rings. The number of carboxylic acids is 1. The molecular weight excluding hydrogens is 294 g/mol. The van der Waals surface area contributed by atoms with Crippen LogP contribution >= 0.6 is 0 Å². The second-order valence-corrected chi connectivity index (χ2v) is 6.09. The van der Waals surface area contributed by atoms with Gasteiger partial charge in [-0.1, -0.05) is 12.1 Å². The number of rotatable bonds is 3. The number of carbonyl (C=O) groups is 1. The molecule has 0 unspecified atom stereocenters. The number of nitrogens with zero attached hydrogens (tertiary/aromatic N) is 3. The van der Waals surface area contributed by atoms with Crippen molar-refractivity contribution in [1.82, 2.24) is 9.97 Å². The van der Waals surface area contributed by atoms with Gasteiger partial charge in [0.15, 0.2) is 0 Å². The Morgan fingerprint density at radius 3 is 2.52 bits per heavy atom. The van der Waals surface area contributed by atoms with Gasteiger partial charge < -0.3 is 15.1 Å². The molecule has 1 aromatic carbocycles. The summed E-state index contributed by atoms with van der Waals surface area (Å²) in [7, 11) is 0. The number of β-amino-alcohol motifs (C(OH)–C–C–N with tert-alkyl or cyclic N) is 1. The van der Waals surface area contributed by atoms with Gasteiger partial charge in [-0.2, -0.15) is 0 Å². The number of benzene rings is 1. The molecule has 0 radical (unpaired) electrons. The van der Waals surface area contributed by atoms with Crippen LogP contribution in [-0.2, 0) is 12.8 Å². The molecule has 0 bridgehead atoms. The Balaban J connectivity index is 1.76. The van der Waals surface area contributed by atoms with E-state index in [1.165, 1.54) is 0 Å². The smallest absolute Gasteiger partial charge is 0.335 e. The molecule has 0 spiro atoms. The van der Waals surface area contributed by atoms with Crippen molar-refractivity contribution in [2.75, 3.05) is 18.0 Å². The van der Waals surface area contributed by atoms with Crippen molar-refractivity contribution in [1.29, 1.82) is 0 Å². The average molecular weight is 311 g/mol. The number of aryl methyl sites for hydroxylation is 1. The maximum Gasteiger partial charge on any atom is 0.335 e. The summed E-state index contributed by atoms with van der Waals surface area (Å²) in [5, 5.41) is 18.5. The van der Waals surface area contributed by atoms with Crippen molar-refractivity contribution in [3.8, 4) is 11.3 Å². The first-order chi connectivity index (χ1) is 11.1. The third-order valence-corrected chi connectivity index (χ3v) is 4.47. The van der Waals surface area contributed by atoms with Crippen molar-refractivity contribution < 1.29 is 15.0 Å². The van der Waals surface area contributed by atoms with E-state index in [9.17, 15) is 9.90 Å². The molecule has 1 aliphatic heterocycles. The quantitative estimate of drug-likeness (QED) is 0.893. The van der Waals surface area contributed by atoms with Crippen LogP contribution in [0, 0.1) is 0 Å². The number of aliphatic hydroxyl groups excluding tert-OH is 1.